The van der Waals surface area contributed by atoms with E-state index in [1.165, 1.54) is 13.8 Å². The Morgan fingerprint density at radius 2 is 1.95 bits per heavy atom. The smallest absolute Gasteiger partial charge is 0.314 e. The van der Waals surface area contributed by atoms with Gasteiger partial charge in [0.25, 0.3) is 0 Å². The first-order chi connectivity index (χ1) is 9.07. The molecule has 0 unspecified atom stereocenters. The van der Waals surface area contributed by atoms with Gasteiger partial charge < -0.3 is 19.3 Å². The molecule has 0 spiro atoms. The molecular formula is C13H21IO6. The fourth-order valence-corrected chi connectivity index (χ4v) is 2.97. The van der Waals surface area contributed by atoms with E-state index in [4.69, 9.17) is 14.2 Å². The number of rotatable bonds is 3. The molecule has 20 heavy (non-hydrogen) atoms. The van der Waals surface area contributed by atoms with E-state index in [9.17, 15) is 14.7 Å². The lowest BCUT2D eigenvalue weighted by Gasteiger charge is -2.46. The van der Waals surface area contributed by atoms with Crippen molar-refractivity contribution in [3.8, 4) is 0 Å². The van der Waals surface area contributed by atoms with Gasteiger partial charge in [0, 0.05) is 6.92 Å². The molecule has 0 aromatic carbocycles. The lowest BCUT2D eigenvalue weighted by atomic mass is 9.80. The van der Waals surface area contributed by atoms with Gasteiger partial charge in [0.1, 0.15) is 9.84 Å². The first kappa shape index (κ1) is 17.6. The predicted molar refractivity (Wildman–Crippen MR) is 79.3 cm³/mol. The van der Waals surface area contributed by atoms with Gasteiger partial charge in [0.2, 0.25) is 6.29 Å². The number of carbonyl (C=O) groups is 2. The third kappa shape index (κ3) is 3.82. The largest absolute Gasteiger partial charge is 0.463 e. The standard InChI is InChI=1S/C13H21IO6/c1-6(2)18-11(16)9-7(3)19-12(20-8(4)15)10(14)13(9,5)17/h6-7,9-10,12,17H,1-5H3/t7-,9+,10-,12-,13+/m0/s1. The van der Waals surface area contributed by atoms with E-state index in [2.05, 4.69) is 0 Å². The van der Waals surface area contributed by atoms with Gasteiger partial charge in [-0.1, -0.05) is 22.6 Å². The Hall–Kier alpha value is -0.410. The molecular weight excluding hydrogens is 379 g/mol. The third-order valence-corrected chi connectivity index (χ3v) is 4.98. The molecule has 1 fully saturated rings. The maximum Gasteiger partial charge on any atom is 0.314 e. The first-order valence-corrected chi connectivity index (χ1v) is 7.71. The molecule has 1 saturated heterocycles. The van der Waals surface area contributed by atoms with Crippen molar-refractivity contribution >= 4 is 34.5 Å². The van der Waals surface area contributed by atoms with Crippen molar-refractivity contribution < 1.29 is 28.9 Å². The predicted octanol–water partition coefficient (Wildman–Crippen LogP) is 1.42. The average Bonchev–Trinajstić information content (AvgIpc) is 2.23. The van der Waals surface area contributed by atoms with E-state index in [1.807, 2.05) is 22.6 Å². The van der Waals surface area contributed by atoms with E-state index in [-0.39, 0.29) is 6.10 Å². The molecule has 0 saturated carbocycles. The molecule has 6 nitrogen and oxygen atoms in total. The molecule has 0 aromatic heterocycles. The van der Waals surface area contributed by atoms with E-state index in [0.717, 1.165) is 0 Å². The summed E-state index contributed by atoms with van der Waals surface area (Å²) in [5, 5.41) is 10.7. The second kappa shape index (κ2) is 6.57. The van der Waals surface area contributed by atoms with Crippen molar-refractivity contribution in [2.45, 2.75) is 62.6 Å². The molecule has 1 aliphatic rings. The van der Waals surface area contributed by atoms with E-state index < -0.39 is 39.8 Å². The lowest BCUT2D eigenvalue weighted by molar-refractivity contribution is -0.244. The van der Waals surface area contributed by atoms with Crippen LogP contribution >= 0.6 is 22.6 Å². The minimum atomic E-state index is -1.40. The summed E-state index contributed by atoms with van der Waals surface area (Å²) in [6, 6.07) is 0. The van der Waals surface area contributed by atoms with Crippen LogP contribution in [0.3, 0.4) is 0 Å². The van der Waals surface area contributed by atoms with Crippen LogP contribution in [0.15, 0.2) is 0 Å². The van der Waals surface area contributed by atoms with Crippen molar-refractivity contribution in [1.29, 1.82) is 0 Å². The van der Waals surface area contributed by atoms with Crippen molar-refractivity contribution in [2.75, 3.05) is 0 Å². The van der Waals surface area contributed by atoms with Crippen molar-refractivity contribution in [3.63, 3.8) is 0 Å². The van der Waals surface area contributed by atoms with Gasteiger partial charge >= 0.3 is 11.9 Å². The van der Waals surface area contributed by atoms with Crippen molar-refractivity contribution in [1.82, 2.24) is 0 Å². The third-order valence-electron chi connectivity index (χ3n) is 3.13. The molecule has 0 radical (unpaired) electrons. The number of ether oxygens (including phenoxy) is 3. The highest BCUT2D eigenvalue weighted by molar-refractivity contribution is 14.1. The molecule has 1 N–H and O–H groups in total. The fourth-order valence-electron chi connectivity index (χ4n) is 2.27. The first-order valence-electron chi connectivity index (χ1n) is 6.47. The number of hydrogen-bond donors (Lipinski definition) is 1. The fraction of sp³-hybridized carbons (Fsp3) is 0.846. The highest BCUT2D eigenvalue weighted by Crippen LogP contribution is 2.40. The number of esters is 2. The second-order valence-electron chi connectivity index (χ2n) is 5.41. The molecule has 7 heteroatoms. The van der Waals surface area contributed by atoms with Crippen LogP contribution in [0.5, 0.6) is 0 Å². The normalized spacial score (nSPS) is 37.6. The van der Waals surface area contributed by atoms with E-state index in [0.29, 0.717) is 0 Å². The quantitative estimate of drug-likeness (QED) is 0.439. The van der Waals surface area contributed by atoms with Gasteiger partial charge in [-0.2, -0.15) is 0 Å². The van der Waals surface area contributed by atoms with Crippen LogP contribution in [0, 0.1) is 5.92 Å². The topological polar surface area (TPSA) is 82.1 Å². The Morgan fingerprint density at radius 1 is 1.40 bits per heavy atom. The monoisotopic (exact) mass is 400 g/mol. The molecule has 0 aliphatic carbocycles. The average molecular weight is 400 g/mol. The van der Waals surface area contributed by atoms with Gasteiger partial charge in [-0.15, -0.1) is 0 Å². The summed E-state index contributed by atoms with van der Waals surface area (Å²) in [5.74, 6) is -1.85. The molecule has 1 rings (SSSR count). The van der Waals surface area contributed by atoms with Crippen molar-refractivity contribution in [3.05, 3.63) is 0 Å². The Balaban J connectivity index is 2.94. The highest BCUT2D eigenvalue weighted by atomic mass is 127. The molecule has 0 aromatic rings. The van der Waals surface area contributed by atoms with Gasteiger partial charge in [-0.25, -0.2) is 0 Å². The van der Waals surface area contributed by atoms with Gasteiger partial charge in [-0.3, -0.25) is 9.59 Å². The molecule has 1 heterocycles. The van der Waals surface area contributed by atoms with E-state index >= 15 is 0 Å². The van der Waals surface area contributed by atoms with Crippen molar-refractivity contribution in [2.24, 2.45) is 5.92 Å². The summed E-state index contributed by atoms with van der Waals surface area (Å²) in [4.78, 5) is 23.2. The Morgan fingerprint density at radius 3 is 2.40 bits per heavy atom. The summed E-state index contributed by atoms with van der Waals surface area (Å²) >= 11 is 1.93. The van der Waals surface area contributed by atoms with Gasteiger partial charge in [-0.05, 0) is 27.7 Å². The minimum absolute atomic E-state index is 0.274. The lowest BCUT2D eigenvalue weighted by Crippen LogP contribution is -2.62. The van der Waals surface area contributed by atoms with Crippen LogP contribution in [0.1, 0.15) is 34.6 Å². The number of halogens is 1. The SMILES string of the molecule is CC(=O)O[C@@H]1O[C@@H](C)[C@H](C(=O)OC(C)C)[C@@](C)(O)[C@H]1I. The molecule has 5 atom stereocenters. The summed E-state index contributed by atoms with van der Waals surface area (Å²) in [5.41, 5.74) is -1.40. The maximum absolute atomic E-state index is 12.1. The summed E-state index contributed by atoms with van der Waals surface area (Å²) in [6.45, 7) is 7.94. The Labute approximate surface area is 132 Å². The number of hydrogen-bond acceptors (Lipinski definition) is 6. The van der Waals surface area contributed by atoms with Gasteiger partial charge in [0.05, 0.1) is 17.8 Å². The van der Waals surface area contributed by atoms with Gasteiger partial charge in [0.15, 0.2) is 0 Å². The second-order valence-corrected chi connectivity index (χ2v) is 6.75. The zero-order valence-electron chi connectivity index (χ0n) is 12.3. The summed E-state index contributed by atoms with van der Waals surface area (Å²) < 4.78 is 15.2. The summed E-state index contributed by atoms with van der Waals surface area (Å²) in [7, 11) is 0. The van der Waals surface area contributed by atoms with E-state index in [1.54, 1.807) is 20.8 Å². The van der Waals surface area contributed by atoms with Crippen LogP contribution in [0.4, 0.5) is 0 Å². The summed E-state index contributed by atoms with van der Waals surface area (Å²) in [6.07, 6.45) is -1.78. The number of carbonyl (C=O) groups excluding carboxylic acids is 2. The number of aliphatic hydroxyl groups is 1. The Bertz CT molecular complexity index is 381. The molecule has 1 aliphatic heterocycles. The minimum Gasteiger partial charge on any atom is -0.463 e. The Kier molecular flexibility index (Phi) is 5.79. The number of alkyl halides is 1. The molecule has 0 bridgehead atoms. The molecule has 116 valence electrons. The van der Waals surface area contributed by atoms with Crippen LogP contribution in [-0.4, -0.2) is 45.1 Å². The highest BCUT2D eigenvalue weighted by Gasteiger charge is 2.55. The van der Waals surface area contributed by atoms with Crippen LogP contribution in [-0.2, 0) is 23.8 Å². The molecule has 0 amide bonds. The zero-order chi connectivity index (χ0) is 15.7. The van der Waals surface area contributed by atoms with Crippen LogP contribution < -0.4 is 0 Å². The zero-order valence-corrected chi connectivity index (χ0v) is 14.4. The maximum atomic E-state index is 12.1. The van der Waals surface area contributed by atoms with Crippen LogP contribution in [0.25, 0.3) is 0 Å². The van der Waals surface area contributed by atoms with Crippen LogP contribution in [0.2, 0.25) is 0 Å².